The standard InChI is InChI=1S/C29H22N2S2/c1-20-28(16-24(32-20)12-10-22-6-4-14-30-18-22)26-8-3-9-27(26)29-17-25(33-21(29)2)13-11-23-7-5-15-31-19-23/h4-7,14-19H,3,8-9H2,1-2H3. The van der Waals surface area contributed by atoms with Gasteiger partial charge < -0.3 is 0 Å². The highest BCUT2D eigenvalue weighted by molar-refractivity contribution is 7.13. The average Bonchev–Trinajstić information content (AvgIpc) is 3.55. The second-order valence-electron chi connectivity index (χ2n) is 7.96. The molecule has 5 rings (SSSR count). The van der Waals surface area contributed by atoms with Gasteiger partial charge in [-0.1, -0.05) is 23.7 Å². The summed E-state index contributed by atoms with van der Waals surface area (Å²) in [7, 11) is 0. The third-order valence-corrected chi connectivity index (χ3v) is 7.62. The molecule has 0 saturated heterocycles. The summed E-state index contributed by atoms with van der Waals surface area (Å²) in [6.45, 7) is 4.42. The number of aromatic nitrogens is 2. The van der Waals surface area contributed by atoms with Gasteiger partial charge in [0.2, 0.25) is 0 Å². The molecule has 2 nitrogen and oxygen atoms in total. The Hall–Kier alpha value is -3.44. The van der Waals surface area contributed by atoms with Crippen molar-refractivity contribution >= 4 is 33.8 Å². The summed E-state index contributed by atoms with van der Waals surface area (Å²) >= 11 is 3.56. The largest absolute Gasteiger partial charge is 0.263 e. The van der Waals surface area contributed by atoms with Crippen LogP contribution < -0.4 is 0 Å². The zero-order chi connectivity index (χ0) is 22.6. The van der Waals surface area contributed by atoms with Crippen molar-refractivity contribution in [3.05, 3.63) is 103 Å². The Labute approximate surface area is 203 Å². The highest BCUT2D eigenvalue weighted by atomic mass is 32.1. The molecular formula is C29H22N2S2. The summed E-state index contributed by atoms with van der Waals surface area (Å²) in [5.74, 6) is 13.1. The van der Waals surface area contributed by atoms with E-state index in [0.29, 0.717) is 0 Å². The Balaban J connectivity index is 1.47. The molecule has 0 atom stereocenters. The fourth-order valence-corrected chi connectivity index (χ4v) is 5.97. The number of nitrogens with zero attached hydrogens (tertiary/aromatic N) is 2. The Bertz CT molecular complexity index is 1340. The van der Waals surface area contributed by atoms with Gasteiger partial charge in [0.05, 0.1) is 9.75 Å². The van der Waals surface area contributed by atoms with E-state index in [1.54, 1.807) is 47.5 Å². The minimum atomic E-state index is 0.944. The molecule has 4 heterocycles. The molecule has 0 radical (unpaired) electrons. The van der Waals surface area contributed by atoms with Gasteiger partial charge in [-0.2, -0.15) is 0 Å². The van der Waals surface area contributed by atoms with Crippen molar-refractivity contribution in [1.29, 1.82) is 0 Å². The van der Waals surface area contributed by atoms with Gasteiger partial charge in [0, 0.05) is 45.7 Å². The van der Waals surface area contributed by atoms with Crippen LogP contribution in [0.5, 0.6) is 0 Å². The molecule has 0 N–H and O–H groups in total. The molecule has 0 bridgehead atoms. The van der Waals surface area contributed by atoms with Crippen LogP contribution in [0, 0.1) is 37.5 Å². The van der Waals surface area contributed by atoms with Crippen LogP contribution in [0.1, 0.15) is 61.0 Å². The number of hydrogen-bond acceptors (Lipinski definition) is 4. The van der Waals surface area contributed by atoms with Crippen molar-refractivity contribution in [2.75, 3.05) is 0 Å². The zero-order valence-corrected chi connectivity index (χ0v) is 20.2. The number of pyridine rings is 2. The summed E-state index contributed by atoms with van der Waals surface area (Å²) in [6.07, 6.45) is 10.6. The summed E-state index contributed by atoms with van der Waals surface area (Å²) in [4.78, 5) is 13.2. The maximum atomic E-state index is 4.15. The summed E-state index contributed by atoms with van der Waals surface area (Å²) in [5, 5.41) is 0. The summed E-state index contributed by atoms with van der Waals surface area (Å²) < 4.78 is 0. The molecule has 0 amide bonds. The van der Waals surface area contributed by atoms with Crippen molar-refractivity contribution < 1.29 is 0 Å². The molecule has 160 valence electrons. The first kappa shape index (κ1) is 21.4. The minimum Gasteiger partial charge on any atom is -0.263 e. The van der Waals surface area contributed by atoms with Gasteiger partial charge in [0.25, 0.3) is 0 Å². The quantitative estimate of drug-likeness (QED) is 0.297. The predicted molar refractivity (Wildman–Crippen MR) is 139 cm³/mol. The topological polar surface area (TPSA) is 25.8 Å². The van der Waals surface area contributed by atoms with Crippen LogP contribution in [-0.2, 0) is 0 Å². The molecule has 1 aliphatic carbocycles. The first-order valence-electron chi connectivity index (χ1n) is 10.9. The lowest BCUT2D eigenvalue weighted by molar-refractivity contribution is 0.941. The third kappa shape index (κ3) is 4.83. The molecule has 0 spiro atoms. The average molecular weight is 463 g/mol. The van der Waals surface area contributed by atoms with Gasteiger partial charge in [-0.15, -0.1) is 22.7 Å². The van der Waals surface area contributed by atoms with E-state index >= 15 is 0 Å². The fourth-order valence-electron chi connectivity index (χ4n) is 4.17. The van der Waals surface area contributed by atoms with E-state index in [-0.39, 0.29) is 0 Å². The van der Waals surface area contributed by atoms with E-state index in [9.17, 15) is 0 Å². The van der Waals surface area contributed by atoms with Gasteiger partial charge in [-0.3, -0.25) is 9.97 Å². The van der Waals surface area contributed by atoms with E-state index in [1.807, 2.05) is 24.3 Å². The molecule has 4 aromatic rings. The van der Waals surface area contributed by atoms with Crippen molar-refractivity contribution in [2.24, 2.45) is 0 Å². The highest BCUT2D eigenvalue weighted by Gasteiger charge is 2.22. The van der Waals surface area contributed by atoms with Crippen molar-refractivity contribution in [3.8, 4) is 23.7 Å². The predicted octanol–water partition coefficient (Wildman–Crippen LogP) is 7.11. The van der Waals surface area contributed by atoms with Gasteiger partial charge >= 0.3 is 0 Å². The van der Waals surface area contributed by atoms with Gasteiger partial charge in [0.1, 0.15) is 0 Å². The van der Waals surface area contributed by atoms with Gasteiger partial charge in [-0.05, 0) is 91.8 Å². The van der Waals surface area contributed by atoms with Crippen LogP contribution in [0.2, 0.25) is 0 Å². The van der Waals surface area contributed by atoms with E-state index in [4.69, 9.17) is 0 Å². The third-order valence-electron chi connectivity index (χ3n) is 5.69. The van der Waals surface area contributed by atoms with Crippen molar-refractivity contribution in [1.82, 2.24) is 9.97 Å². The van der Waals surface area contributed by atoms with E-state index in [2.05, 4.69) is 59.6 Å². The second-order valence-corrected chi connectivity index (χ2v) is 10.5. The molecule has 0 saturated carbocycles. The number of hydrogen-bond donors (Lipinski definition) is 0. The minimum absolute atomic E-state index is 0.944. The zero-order valence-electron chi connectivity index (χ0n) is 18.6. The van der Waals surface area contributed by atoms with Crippen LogP contribution >= 0.6 is 22.7 Å². The maximum absolute atomic E-state index is 4.15. The number of rotatable bonds is 2. The Morgan fingerprint density at radius 2 is 1.18 bits per heavy atom. The van der Waals surface area contributed by atoms with Crippen LogP contribution in [0.25, 0.3) is 11.1 Å². The fraction of sp³-hybridized carbons (Fsp3) is 0.172. The Morgan fingerprint density at radius 1 is 0.697 bits per heavy atom. The number of thiophene rings is 2. The molecule has 0 fully saturated rings. The van der Waals surface area contributed by atoms with Crippen LogP contribution in [-0.4, -0.2) is 9.97 Å². The van der Waals surface area contributed by atoms with E-state index in [1.165, 1.54) is 38.4 Å². The van der Waals surface area contributed by atoms with Crippen LogP contribution in [0.4, 0.5) is 0 Å². The first-order valence-corrected chi connectivity index (χ1v) is 12.6. The molecular weight excluding hydrogens is 440 g/mol. The SMILES string of the molecule is Cc1sc(C#Cc2cccnc2)cc1C1=C(c2cc(C#Cc3cccnc3)sc2C)CCC1. The lowest BCUT2D eigenvalue weighted by Gasteiger charge is -2.07. The van der Waals surface area contributed by atoms with Crippen molar-refractivity contribution in [3.63, 3.8) is 0 Å². The molecule has 4 aromatic heterocycles. The molecule has 0 unspecified atom stereocenters. The summed E-state index contributed by atoms with van der Waals surface area (Å²) in [5.41, 5.74) is 7.56. The first-order chi connectivity index (χ1) is 16.2. The van der Waals surface area contributed by atoms with Gasteiger partial charge in [0.15, 0.2) is 0 Å². The molecule has 0 aliphatic heterocycles. The lowest BCUT2D eigenvalue weighted by Crippen LogP contribution is -1.86. The van der Waals surface area contributed by atoms with Crippen molar-refractivity contribution in [2.45, 2.75) is 33.1 Å². The number of aryl methyl sites for hydroxylation is 2. The molecule has 4 heteroatoms. The molecule has 1 aliphatic rings. The highest BCUT2D eigenvalue weighted by Crippen LogP contribution is 2.44. The Kier molecular flexibility index (Phi) is 6.22. The van der Waals surface area contributed by atoms with Gasteiger partial charge in [-0.25, -0.2) is 0 Å². The maximum Gasteiger partial charge on any atom is 0.0781 e. The normalized spacial score (nSPS) is 12.8. The van der Waals surface area contributed by atoms with Crippen LogP contribution in [0.3, 0.4) is 0 Å². The van der Waals surface area contributed by atoms with Crippen LogP contribution in [0.15, 0.2) is 61.2 Å². The Morgan fingerprint density at radius 3 is 1.61 bits per heavy atom. The summed E-state index contributed by atoms with van der Waals surface area (Å²) in [6, 6.07) is 12.4. The van der Waals surface area contributed by atoms with E-state index in [0.717, 1.165) is 33.7 Å². The lowest BCUT2D eigenvalue weighted by atomic mass is 9.97. The second kappa shape index (κ2) is 9.59. The monoisotopic (exact) mass is 462 g/mol. The molecule has 0 aromatic carbocycles. The molecule has 33 heavy (non-hydrogen) atoms. The number of allylic oxidation sites excluding steroid dienone is 2. The smallest absolute Gasteiger partial charge is 0.0781 e. The van der Waals surface area contributed by atoms with E-state index < -0.39 is 0 Å².